The van der Waals surface area contributed by atoms with Gasteiger partial charge in [-0.2, -0.15) is 9.78 Å². The number of benzene rings is 1. The first-order chi connectivity index (χ1) is 11.5. The number of methoxy groups -OCH3 is 1. The molecular weight excluding hydrogens is 392 g/mol. The van der Waals surface area contributed by atoms with Gasteiger partial charge in [-0.1, -0.05) is 34.2 Å². The second-order valence-corrected chi connectivity index (χ2v) is 7.39. The first-order valence-corrected chi connectivity index (χ1v) is 9.21. The topological polar surface area (TPSA) is 69.0 Å². The van der Waals surface area contributed by atoms with Gasteiger partial charge >= 0.3 is 0 Å². The fourth-order valence-electron chi connectivity index (χ4n) is 2.23. The molecule has 0 saturated carbocycles. The maximum absolute atomic E-state index is 12.2. The predicted octanol–water partition coefficient (Wildman–Crippen LogP) is 3.91. The van der Waals surface area contributed by atoms with Gasteiger partial charge < -0.3 is 10.1 Å². The molecule has 0 aliphatic heterocycles. The highest BCUT2D eigenvalue weighted by molar-refractivity contribution is 9.10. The zero-order valence-corrected chi connectivity index (χ0v) is 15.9. The van der Waals surface area contributed by atoms with Crippen LogP contribution in [0.5, 0.6) is 5.75 Å². The van der Waals surface area contributed by atoms with E-state index in [1.807, 2.05) is 38.1 Å². The Morgan fingerprint density at radius 1 is 1.46 bits per heavy atom. The smallest absolute Gasteiger partial charge is 0.239 e. The van der Waals surface area contributed by atoms with E-state index in [1.54, 1.807) is 11.8 Å². The van der Waals surface area contributed by atoms with Crippen LogP contribution in [0.25, 0.3) is 15.3 Å². The monoisotopic (exact) mass is 408 g/mol. The largest absolute Gasteiger partial charge is 0.497 e. The summed E-state index contributed by atoms with van der Waals surface area (Å²) in [5.41, 5.74) is 1.68. The minimum Gasteiger partial charge on any atom is -0.497 e. The highest BCUT2D eigenvalue weighted by Gasteiger charge is 2.18. The van der Waals surface area contributed by atoms with Gasteiger partial charge in [0.25, 0.3) is 0 Å². The fourth-order valence-corrected chi connectivity index (χ4v) is 3.31. The molecule has 3 aromatic rings. The van der Waals surface area contributed by atoms with E-state index in [-0.39, 0.29) is 10.7 Å². The number of fused-ring (bicyclic) bond motifs is 1. The second-order valence-electron chi connectivity index (χ2n) is 5.28. The van der Waals surface area contributed by atoms with Gasteiger partial charge in [-0.25, -0.2) is 4.98 Å². The van der Waals surface area contributed by atoms with Crippen LogP contribution in [0.4, 0.5) is 5.82 Å². The summed E-state index contributed by atoms with van der Waals surface area (Å²) in [6.07, 6.45) is 0.708. The number of carbonyl (C=O) groups excluding carboxylic acids is 1. The Morgan fingerprint density at radius 2 is 2.25 bits per heavy atom. The summed E-state index contributed by atoms with van der Waals surface area (Å²) in [5, 5.41) is 8.06. The minimum atomic E-state index is -0.235. The zero-order chi connectivity index (χ0) is 17.3. The van der Waals surface area contributed by atoms with Gasteiger partial charge in [-0.05, 0) is 31.5 Å². The molecule has 0 bridgehead atoms. The van der Waals surface area contributed by atoms with Gasteiger partial charge in [0.05, 0.1) is 27.8 Å². The van der Waals surface area contributed by atoms with Crippen molar-refractivity contribution in [3.63, 3.8) is 0 Å². The molecule has 0 fully saturated rings. The Labute approximate surface area is 152 Å². The Bertz CT molecular complexity index is 889. The first kappa shape index (κ1) is 16.9. The highest BCUT2D eigenvalue weighted by atomic mass is 79.9. The summed E-state index contributed by atoms with van der Waals surface area (Å²) in [6.45, 7) is 3.83. The van der Waals surface area contributed by atoms with Crippen molar-refractivity contribution in [2.24, 2.45) is 0 Å². The second kappa shape index (κ2) is 6.90. The van der Waals surface area contributed by atoms with Gasteiger partial charge in [0.15, 0.2) is 0 Å². The first-order valence-electron chi connectivity index (χ1n) is 7.48. The van der Waals surface area contributed by atoms with Crippen molar-refractivity contribution in [2.45, 2.75) is 25.1 Å². The molecular formula is C16H17BrN4O2S. The maximum atomic E-state index is 12.2. The van der Waals surface area contributed by atoms with Crippen molar-refractivity contribution in [1.29, 1.82) is 0 Å². The van der Waals surface area contributed by atoms with E-state index < -0.39 is 0 Å². The summed E-state index contributed by atoms with van der Waals surface area (Å²) >= 11 is 4.86. The van der Waals surface area contributed by atoms with Crippen LogP contribution < -0.4 is 10.1 Å². The standard InChI is InChI=1S/C16H17BrN4O2S/c1-4-11(17)15(22)19-14-7-9(2)20-21(14)16-18-12-6-5-10(23-3)8-13(12)24-16/h5-8,11H,4H2,1-3H3,(H,19,22). The molecule has 3 rings (SSSR count). The molecule has 0 aliphatic carbocycles. The number of alkyl halides is 1. The van der Waals surface area contributed by atoms with Crippen LogP contribution in [0.15, 0.2) is 24.3 Å². The van der Waals surface area contributed by atoms with Crippen molar-refractivity contribution < 1.29 is 9.53 Å². The van der Waals surface area contributed by atoms with Crippen LogP contribution in [0.2, 0.25) is 0 Å². The number of nitrogens with zero attached hydrogens (tertiary/aromatic N) is 3. The summed E-state index contributed by atoms with van der Waals surface area (Å²) in [4.78, 5) is 16.5. The number of hydrogen-bond acceptors (Lipinski definition) is 5. The van der Waals surface area contributed by atoms with E-state index in [0.29, 0.717) is 17.4 Å². The van der Waals surface area contributed by atoms with Crippen molar-refractivity contribution >= 4 is 49.2 Å². The number of amides is 1. The predicted molar refractivity (Wildman–Crippen MR) is 99.7 cm³/mol. The number of anilines is 1. The molecule has 126 valence electrons. The molecule has 2 heterocycles. The number of hydrogen-bond donors (Lipinski definition) is 1. The van der Waals surface area contributed by atoms with Crippen LogP contribution in [-0.2, 0) is 4.79 Å². The van der Waals surface area contributed by atoms with Crippen LogP contribution in [0.1, 0.15) is 19.0 Å². The molecule has 1 unspecified atom stereocenters. The lowest BCUT2D eigenvalue weighted by Gasteiger charge is -2.09. The molecule has 24 heavy (non-hydrogen) atoms. The normalized spacial score (nSPS) is 12.3. The van der Waals surface area contributed by atoms with E-state index in [1.165, 1.54) is 11.3 Å². The summed E-state index contributed by atoms with van der Waals surface area (Å²) in [6, 6.07) is 7.56. The number of ether oxygens (including phenoxy) is 1. The molecule has 6 nitrogen and oxygen atoms in total. The molecule has 2 aromatic heterocycles. The maximum Gasteiger partial charge on any atom is 0.239 e. The number of rotatable bonds is 5. The van der Waals surface area contributed by atoms with Crippen molar-refractivity contribution in [3.05, 3.63) is 30.0 Å². The summed E-state index contributed by atoms with van der Waals surface area (Å²) in [7, 11) is 1.64. The van der Waals surface area contributed by atoms with E-state index in [0.717, 1.165) is 21.7 Å². The molecule has 1 atom stereocenters. The number of aryl methyl sites for hydroxylation is 1. The molecule has 1 amide bonds. The Balaban J connectivity index is 1.98. The Hall–Kier alpha value is -1.93. The van der Waals surface area contributed by atoms with E-state index >= 15 is 0 Å². The van der Waals surface area contributed by atoms with Gasteiger partial charge in [-0.3, -0.25) is 4.79 Å². The molecule has 1 N–H and O–H groups in total. The molecule has 0 aliphatic rings. The van der Waals surface area contributed by atoms with Gasteiger partial charge in [-0.15, -0.1) is 0 Å². The van der Waals surface area contributed by atoms with Crippen molar-refractivity contribution in [2.75, 3.05) is 12.4 Å². The van der Waals surface area contributed by atoms with Gasteiger partial charge in [0.2, 0.25) is 11.0 Å². The third kappa shape index (κ3) is 3.29. The molecule has 0 spiro atoms. The molecule has 0 saturated heterocycles. The van der Waals surface area contributed by atoms with Crippen LogP contribution >= 0.6 is 27.3 Å². The highest BCUT2D eigenvalue weighted by Crippen LogP contribution is 2.30. The quantitative estimate of drug-likeness (QED) is 0.649. The summed E-state index contributed by atoms with van der Waals surface area (Å²) in [5.74, 6) is 1.30. The SMILES string of the molecule is CCC(Br)C(=O)Nc1cc(C)nn1-c1nc2ccc(OC)cc2s1. The number of aromatic nitrogens is 3. The van der Waals surface area contributed by atoms with Crippen LogP contribution in [0.3, 0.4) is 0 Å². The number of halogens is 1. The zero-order valence-electron chi connectivity index (χ0n) is 13.5. The minimum absolute atomic E-state index is 0.0959. The van der Waals surface area contributed by atoms with Crippen LogP contribution in [0, 0.1) is 6.92 Å². The third-order valence-electron chi connectivity index (χ3n) is 3.49. The molecule has 1 aromatic carbocycles. The number of carbonyl (C=O) groups is 1. The lowest BCUT2D eigenvalue weighted by Crippen LogP contribution is -2.23. The Kier molecular flexibility index (Phi) is 4.86. The lowest BCUT2D eigenvalue weighted by molar-refractivity contribution is -0.115. The number of thiazole rings is 1. The lowest BCUT2D eigenvalue weighted by atomic mass is 10.3. The van der Waals surface area contributed by atoms with E-state index in [4.69, 9.17) is 4.74 Å². The average Bonchev–Trinajstić information content (AvgIpc) is 3.15. The van der Waals surface area contributed by atoms with E-state index in [2.05, 4.69) is 31.3 Å². The molecule has 8 heteroatoms. The van der Waals surface area contributed by atoms with Gasteiger partial charge in [0, 0.05) is 6.07 Å². The fraction of sp³-hybridized carbons (Fsp3) is 0.312. The average molecular weight is 409 g/mol. The number of nitrogens with one attached hydrogen (secondary N) is 1. The summed E-state index contributed by atoms with van der Waals surface area (Å²) < 4.78 is 7.92. The molecule has 0 radical (unpaired) electrons. The Morgan fingerprint density at radius 3 is 2.96 bits per heavy atom. The third-order valence-corrected chi connectivity index (χ3v) is 5.55. The van der Waals surface area contributed by atoms with Gasteiger partial charge in [0.1, 0.15) is 11.6 Å². The van der Waals surface area contributed by atoms with Crippen LogP contribution in [-0.4, -0.2) is 32.6 Å². The van der Waals surface area contributed by atoms with E-state index in [9.17, 15) is 4.79 Å². The van der Waals surface area contributed by atoms with Crippen molar-refractivity contribution in [3.8, 4) is 10.9 Å². The van der Waals surface area contributed by atoms with Crippen molar-refractivity contribution in [1.82, 2.24) is 14.8 Å².